The number of halogens is 1. The molecule has 0 aliphatic carbocycles. The van der Waals surface area contributed by atoms with Gasteiger partial charge in [0.2, 0.25) is 0 Å². The number of aliphatic hydroxyl groups is 1. The second-order valence-electron chi connectivity index (χ2n) is 2.13. The fraction of sp³-hybridized carbons (Fsp3) is 0.125. The van der Waals surface area contributed by atoms with Crippen LogP contribution in [0.2, 0.25) is 5.15 Å². The van der Waals surface area contributed by atoms with Crippen LogP contribution in [0, 0.1) is 0 Å². The summed E-state index contributed by atoms with van der Waals surface area (Å²) in [6, 6.07) is 3.06. The van der Waals surface area contributed by atoms with Crippen molar-refractivity contribution < 1.29 is 10.2 Å². The molecule has 0 radical (unpaired) electrons. The van der Waals surface area contributed by atoms with Crippen LogP contribution in [0.4, 0.5) is 0 Å². The maximum Gasteiger partial charge on any atom is 0.171 e. The highest BCUT2D eigenvalue weighted by atomic mass is 35.5. The summed E-state index contributed by atoms with van der Waals surface area (Å²) in [5.41, 5.74) is 0.604. The summed E-state index contributed by atoms with van der Waals surface area (Å²) in [6.07, 6.45) is 3.15. The summed E-state index contributed by atoms with van der Waals surface area (Å²) >= 11 is 5.54. The van der Waals surface area contributed by atoms with Gasteiger partial charge in [0, 0.05) is 0 Å². The lowest BCUT2D eigenvalue weighted by Gasteiger charge is -1.96. The molecule has 0 aliphatic rings. The Kier molecular flexibility index (Phi) is 3.08. The third-order valence-corrected chi connectivity index (χ3v) is 1.52. The van der Waals surface area contributed by atoms with Crippen molar-refractivity contribution in [2.75, 3.05) is 6.61 Å². The van der Waals surface area contributed by atoms with Crippen molar-refractivity contribution in [2.24, 2.45) is 0 Å². The molecule has 0 aromatic carbocycles. The van der Waals surface area contributed by atoms with E-state index < -0.39 is 0 Å². The summed E-state index contributed by atoms with van der Waals surface area (Å²) in [7, 11) is 0. The Morgan fingerprint density at radius 2 is 2.25 bits per heavy atom. The van der Waals surface area contributed by atoms with Gasteiger partial charge in [0.1, 0.15) is 0 Å². The fourth-order valence-corrected chi connectivity index (χ4v) is 0.868. The van der Waals surface area contributed by atoms with Gasteiger partial charge >= 0.3 is 0 Å². The standard InChI is InChI=1S/C8H8ClNO2/c9-8-7(12)4-3-6(10-8)2-1-5-11/h1-4,11-12H,5H2. The second kappa shape index (κ2) is 4.09. The molecular formula is C8H8ClNO2. The smallest absolute Gasteiger partial charge is 0.171 e. The molecule has 0 fully saturated rings. The Morgan fingerprint density at radius 1 is 1.50 bits per heavy atom. The molecule has 0 saturated heterocycles. The Bertz CT molecular complexity index is 299. The zero-order valence-corrected chi connectivity index (χ0v) is 6.99. The van der Waals surface area contributed by atoms with Crippen molar-refractivity contribution in [3.05, 3.63) is 29.1 Å². The monoisotopic (exact) mass is 185 g/mol. The van der Waals surface area contributed by atoms with Gasteiger partial charge in [-0.1, -0.05) is 17.7 Å². The summed E-state index contributed by atoms with van der Waals surface area (Å²) < 4.78 is 0. The van der Waals surface area contributed by atoms with Crippen LogP contribution in [0.5, 0.6) is 5.75 Å². The second-order valence-corrected chi connectivity index (χ2v) is 2.49. The normalized spacial score (nSPS) is 10.8. The first-order chi connectivity index (χ1) is 5.74. The quantitative estimate of drug-likeness (QED) is 0.686. The molecule has 0 amide bonds. The lowest BCUT2D eigenvalue weighted by Crippen LogP contribution is -1.82. The third kappa shape index (κ3) is 2.22. The Hall–Kier alpha value is -1.06. The van der Waals surface area contributed by atoms with E-state index >= 15 is 0 Å². The van der Waals surface area contributed by atoms with Crippen LogP contribution < -0.4 is 0 Å². The molecule has 64 valence electrons. The van der Waals surface area contributed by atoms with Gasteiger partial charge in [0.05, 0.1) is 12.3 Å². The number of aromatic nitrogens is 1. The number of hydrogen-bond acceptors (Lipinski definition) is 3. The van der Waals surface area contributed by atoms with E-state index in [-0.39, 0.29) is 17.5 Å². The van der Waals surface area contributed by atoms with Gasteiger partial charge in [-0.05, 0) is 18.2 Å². The zero-order valence-electron chi connectivity index (χ0n) is 6.24. The summed E-state index contributed by atoms with van der Waals surface area (Å²) in [5.74, 6) is -0.0437. The molecular weight excluding hydrogens is 178 g/mol. The van der Waals surface area contributed by atoms with Crippen molar-refractivity contribution in [3.63, 3.8) is 0 Å². The fourth-order valence-electron chi connectivity index (χ4n) is 0.707. The Balaban J connectivity index is 2.89. The zero-order chi connectivity index (χ0) is 8.97. The Labute approximate surface area is 74.9 Å². The number of aromatic hydroxyl groups is 1. The first kappa shape index (κ1) is 9.03. The van der Waals surface area contributed by atoms with E-state index in [0.29, 0.717) is 5.69 Å². The topological polar surface area (TPSA) is 53.4 Å². The van der Waals surface area contributed by atoms with Crippen LogP contribution in [0.15, 0.2) is 18.2 Å². The highest BCUT2D eigenvalue weighted by molar-refractivity contribution is 6.30. The molecule has 0 bridgehead atoms. The highest BCUT2D eigenvalue weighted by Gasteiger charge is 1.97. The maximum atomic E-state index is 9.00. The first-order valence-electron chi connectivity index (χ1n) is 3.37. The van der Waals surface area contributed by atoms with E-state index in [2.05, 4.69) is 4.98 Å². The largest absolute Gasteiger partial charge is 0.505 e. The van der Waals surface area contributed by atoms with Crippen LogP contribution in [0.25, 0.3) is 6.08 Å². The van der Waals surface area contributed by atoms with Gasteiger partial charge in [0.25, 0.3) is 0 Å². The van der Waals surface area contributed by atoms with E-state index in [9.17, 15) is 0 Å². The van der Waals surface area contributed by atoms with Crippen molar-refractivity contribution in [3.8, 4) is 5.75 Å². The average molecular weight is 186 g/mol. The molecule has 0 aliphatic heterocycles. The molecule has 4 heteroatoms. The molecule has 1 aromatic heterocycles. The third-order valence-electron chi connectivity index (χ3n) is 1.24. The SMILES string of the molecule is OCC=Cc1ccc(O)c(Cl)n1. The number of aliphatic hydroxyl groups excluding tert-OH is 1. The van der Waals surface area contributed by atoms with E-state index in [4.69, 9.17) is 21.8 Å². The lowest BCUT2D eigenvalue weighted by atomic mass is 10.3. The van der Waals surface area contributed by atoms with Crippen LogP contribution in [0.1, 0.15) is 5.69 Å². The van der Waals surface area contributed by atoms with Crippen molar-refractivity contribution >= 4 is 17.7 Å². The molecule has 3 nitrogen and oxygen atoms in total. The van der Waals surface area contributed by atoms with E-state index in [1.54, 1.807) is 12.1 Å². The number of rotatable bonds is 2. The van der Waals surface area contributed by atoms with Crippen molar-refractivity contribution in [1.29, 1.82) is 0 Å². The molecule has 1 heterocycles. The molecule has 1 rings (SSSR count). The predicted octanol–water partition coefficient (Wildman–Crippen LogP) is 1.45. The number of nitrogens with zero attached hydrogens (tertiary/aromatic N) is 1. The minimum absolute atomic E-state index is 0.0415. The van der Waals surface area contributed by atoms with Gasteiger partial charge < -0.3 is 10.2 Å². The van der Waals surface area contributed by atoms with Gasteiger partial charge in [-0.25, -0.2) is 4.98 Å². The first-order valence-corrected chi connectivity index (χ1v) is 3.74. The highest BCUT2D eigenvalue weighted by Crippen LogP contribution is 2.20. The van der Waals surface area contributed by atoms with Crippen molar-refractivity contribution in [2.45, 2.75) is 0 Å². The lowest BCUT2D eigenvalue weighted by molar-refractivity contribution is 0.343. The summed E-state index contributed by atoms with van der Waals surface area (Å²) in [5, 5.41) is 17.5. The number of pyridine rings is 1. The molecule has 12 heavy (non-hydrogen) atoms. The predicted molar refractivity (Wildman–Crippen MR) is 47.0 cm³/mol. The minimum atomic E-state index is -0.0437. The van der Waals surface area contributed by atoms with Gasteiger partial charge in [0.15, 0.2) is 10.9 Å². The van der Waals surface area contributed by atoms with Crippen LogP contribution in [0.3, 0.4) is 0 Å². The molecule has 0 atom stereocenters. The molecule has 0 saturated carbocycles. The summed E-state index contributed by atoms with van der Waals surface area (Å²) in [6.45, 7) is -0.0415. The molecule has 1 aromatic rings. The van der Waals surface area contributed by atoms with E-state index in [1.165, 1.54) is 12.1 Å². The number of hydrogen-bond donors (Lipinski definition) is 2. The van der Waals surface area contributed by atoms with Crippen LogP contribution in [-0.2, 0) is 0 Å². The van der Waals surface area contributed by atoms with E-state index in [1.807, 2.05) is 0 Å². The average Bonchev–Trinajstić information content (AvgIpc) is 2.07. The molecule has 0 spiro atoms. The van der Waals surface area contributed by atoms with Crippen LogP contribution >= 0.6 is 11.6 Å². The maximum absolute atomic E-state index is 9.00. The minimum Gasteiger partial charge on any atom is -0.505 e. The van der Waals surface area contributed by atoms with Crippen LogP contribution in [-0.4, -0.2) is 21.8 Å². The summed E-state index contributed by atoms with van der Waals surface area (Å²) in [4.78, 5) is 3.83. The molecule has 2 N–H and O–H groups in total. The van der Waals surface area contributed by atoms with Gasteiger partial charge in [-0.15, -0.1) is 0 Å². The Morgan fingerprint density at radius 3 is 2.83 bits per heavy atom. The van der Waals surface area contributed by atoms with Crippen molar-refractivity contribution in [1.82, 2.24) is 4.98 Å². The molecule has 0 unspecified atom stereocenters. The van der Waals surface area contributed by atoms with E-state index in [0.717, 1.165) is 0 Å². The van der Waals surface area contributed by atoms with Gasteiger partial charge in [-0.3, -0.25) is 0 Å². The van der Waals surface area contributed by atoms with Gasteiger partial charge in [-0.2, -0.15) is 0 Å².